The molecule has 0 N–H and O–H groups in total. The van der Waals surface area contributed by atoms with E-state index >= 15 is 0 Å². The fourth-order valence-electron chi connectivity index (χ4n) is 6.99. The first-order chi connectivity index (χ1) is 23.4. The molecule has 0 atom stereocenters. The molecule has 11 heteroatoms. The molecular weight excluding hydrogens is 638 g/mol. The van der Waals surface area contributed by atoms with Crippen molar-refractivity contribution < 1.29 is 14.3 Å². The van der Waals surface area contributed by atoms with E-state index in [1.807, 2.05) is 62.2 Å². The fourth-order valence-corrected chi connectivity index (χ4v) is 7.22. The summed E-state index contributed by atoms with van der Waals surface area (Å²) in [6.07, 6.45) is 3.94. The van der Waals surface area contributed by atoms with E-state index in [4.69, 9.17) is 26.1 Å². The van der Waals surface area contributed by atoms with Gasteiger partial charge in [-0.05, 0) is 81.1 Å². The van der Waals surface area contributed by atoms with E-state index in [0.29, 0.717) is 29.3 Å². The highest BCUT2D eigenvalue weighted by molar-refractivity contribution is 6.30. The van der Waals surface area contributed by atoms with Crippen LogP contribution in [0, 0.1) is 11.3 Å². The van der Waals surface area contributed by atoms with Crippen LogP contribution < -0.4 is 9.64 Å². The van der Waals surface area contributed by atoms with Gasteiger partial charge < -0.3 is 19.3 Å². The lowest BCUT2D eigenvalue weighted by molar-refractivity contribution is -0.0247. The van der Waals surface area contributed by atoms with E-state index in [0.717, 1.165) is 93.7 Å². The number of likely N-dealkylation sites (tertiary alicyclic amines) is 2. The second-order valence-corrected chi connectivity index (χ2v) is 15.4. The number of aromatic nitrogens is 2. The van der Waals surface area contributed by atoms with Crippen molar-refractivity contribution in [2.75, 3.05) is 57.3 Å². The van der Waals surface area contributed by atoms with Gasteiger partial charge in [-0.3, -0.25) is 9.80 Å². The monoisotopic (exact) mass is 685 g/mol. The molecule has 3 saturated heterocycles. The molecule has 0 unspecified atom stereocenters. The number of nitriles is 1. The maximum Gasteiger partial charge on any atom is 0.410 e. The van der Waals surface area contributed by atoms with Gasteiger partial charge in [0.05, 0.1) is 17.3 Å². The van der Waals surface area contributed by atoms with Gasteiger partial charge in [-0.2, -0.15) is 5.26 Å². The normalized spacial score (nSPS) is 18.6. The van der Waals surface area contributed by atoms with Gasteiger partial charge in [0.15, 0.2) is 0 Å². The number of benzene rings is 2. The Kier molecular flexibility index (Phi) is 10.4. The Morgan fingerprint density at radius 1 is 0.898 bits per heavy atom. The molecule has 1 aromatic heterocycles. The highest BCUT2D eigenvalue weighted by atomic mass is 35.5. The summed E-state index contributed by atoms with van der Waals surface area (Å²) < 4.78 is 11.6. The third-order valence-electron chi connectivity index (χ3n) is 10.1. The summed E-state index contributed by atoms with van der Waals surface area (Å²) in [5, 5.41) is 9.94. The van der Waals surface area contributed by atoms with E-state index in [1.54, 1.807) is 6.07 Å². The first-order valence-corrected chi connectivity index (χ1v) is 17.7. The molecular formula is C38H48ClN7O3. The highest BCUT2D eigenvalue weighted by Crippen LogP contribution is 2.34. The second-order valence-electron chi connectivity index (χ2n) is 15.0. The number of carbonyl (C=O) groups excluding carboxylic acids is 1. The average Bonchev–Trinajstić information content (AvgIpc) is 3.06. The number of rotatable bonds is 8. The van der Waals surface area contributed by atoms with Gasteiger partial charge in [0.1, 0.15) is 18.0 Å². The lowest BCUT2D eigenvalue weighted by Crippen LogP contribution is -2.63. The summed E-state index contributed by atoms with van der Waals surface area (Å²) in [5.41, 5.74) is 2.70. The fraction of sp³-hybridized carbons (Fsp3) is 0.526. The van der Waals surface area contributed by atoms with Crippen molar-refractivity contribution in [1.29, 1.82) is 5.26 Å². The van der Waals surface area contributed by atoms with E-state index in [-0.39, 0.29) is 11.5 Å². The number of halogens is 1. The lowest BCUT2D eigenvalue weighted by Gasteiger charge is -2.49. The smallest absolute Gasteiger partial charge is 0.410 e. The number of piperidine rings is 1. The molecule has 0 bridgehead atoms. The predicted octanol–water partition coefficient (Wildman–Crippen LogP) is 6.11. The van der Waals surface area contributed by atoms with Crippen LogP contribution in [0.4, 0.5) is 10.7 Å². The molecule has 0 radical (unpaired) electrons. The van der Waals surface area contributed by atoms with Gasteiger partial charge in [0, 0.05) is 81.1 Å². The molecule has 0 aliphatic carbocycles. The summed E-state index contributed by atoms with van der Waals surface area (Å²) in [5.74, 6) is 1.52. The number of nitrogens with zero attached hydrogens (tertiary/aromatic N) is 7. The first kappa shape index (κ1) is 34.9. The third-order valence-corrected chi connectivity index (χ3v) is 10.3. The summed E-state index contributed by atoms with van der Waals surface area (Å²) in [4.78, 5) is 31.0. The van der Waals surface area contributed by atoms with Crippen LogP contribution in [-0.2, 0) is 16.8 Å². The molecule has 0 spiro atoms. The molecule has 6 rings (SSSR count). The van der Waals surface area contributed by atoms with Crippen molar-refractivity contribution in [1.82, 2.24) is 24.7 Å². The summed E-state index contributed by atoms with van der Waals surface area (Å²) in [6.45, 7) is 17.8. The zero-order valence-electron chi connectivity index (χ0n) is 29.4. The Morgan fingerprint density at radius 3 is 2.22 bits per heavy atom. The van der Waals surface area contributed by atoms with Gasteiger partial charge in [-0.15, -0.1) is 0 Å². The van der Waals surface area contributed by atoms with Gasteiger partial charge in [-0.25, -0.2) is 14.8 Å². The quantitative estimate of drug-likeness (QED) is 0.278. The Balaban J connectivity index is 0.947. The van der Waals surface area contributed by atoms with Gasteiger partial charge in [0.2, 0.25) is 5.95 Å². The number of piperazine rings is 1. The number of anilines is 1. The molecule has 1 amide bonds. The van der Waals surface area contributed by atoms with Crippen molar-refractivity contribution in [3.8, 4) is 11.8 Å². The molecule has 4 heterocycles. The van der Waals surface area contributed by atoms with E-state index < -0.39 is 5.60 Å². The molecule has 260 valence electrons. The number of carbonyl (C=O) groups is 1. The second kappa shape index (κ2) is 14.5. The van der Waals surface area contributed by atoms with Crippen molar-refractivity contribution in [2.24, 2.45) is 0 Å². The maximum atomic E-state index is 12.3. The van der Waals surface area contributed by atoms with Crippen LogP contribution >= 0.6 is 11.6 Å². The molecule has 2 aromatic carbocycles. The predicted molar refractivity (Wildman–Crippen MR) is 191 cm³/mol. The van der Waals surface area contributed by atoms with Gasteiger partial charge >= 0.3 is 6.09 Å². The highest BCUT2D eigenvalue weighted by Gasteiger charge is 2.39. The molecule has 49 heavy (non-hydrogen) atoms. The zero-order valence-corrected chi connectivity index (χ0v) is 30.1. The SMILES string of the molecule is CC(C)(C)OC(=O)N1CC(N2CCC(N3CCN(c4nccc(COc5ccc(C(C)(C)c6cc(Cl)cc(C#N)c6)cc5)n4)CC3)CC2)C1. The molecule has 0 saturated carbocycles. The Labute approximate surface area is 295 Å². The van der Waals surface area contributed by atoms with Crippen LogP contribution in [0.5, 0.6) is 5.75 Å². The number of hydrogen-bond acceptors (Lipinski definition) is 9. The molecule has 3 aliphatic rings. The molecule has 10 nitrogen and oxygen atoms in total. The van der Waals surface area contributed by atoms with E-state index in [9.17, 15) is 10.1 Å². The minimum atomic E-state index is -0.452. The first-order valence-electron chi connectivity index (χ1n) is 17.4. The Bertz CT molecular complexity index is 1650. The van der Waals surface area contributed by atoms with Crippen LogP contribution in [-0.4, -0.2) is 101 Å². The minimum Gasteiger partial charge on any atom is -0.487 e. The van der Waals surface area contributed by atoms with Crippen molar-refractivity contribution in [3.63, 3.8) is 0 Å². The van der Waals surface area contributed by atoms with Gasteiger partial charge in [0.25, 0.3) is 0 Å². The largest absolute Gasteiger partial charge is 0.487 e. The lowest BCUT2D eigenvalue weighted by atomic mass is 9.78. The Morgan fingerprint density at radius 2 is 1.57 bits per heavy atom. The maximum absolute atomic E-state index is 12.3. The minimum absolute atomic E-state index is 0.198. The third kappa shape index (κ3) is 8.46. The van der Waals surface area contributed by atoms with Crippen molar-refractivity contribution in [3.05, 3.63) is 82.1 Å². The van der Waals surface area contributed by atoms with E-state index in [2.05, 4.69) is 51.7 Å². The van der Waals surface area contributed by atoms with Gasteiger partial charge in [-0.1, -0.05) is 37.6 Å². The van der Waals surface area contributed by atoms with Crippen LogP contribution in [0.25, 0.3) is 0 Å². The standard InChI is InChI=1S/C38H48ClN7O3/c1-37(2,3)49-36(47)46-24-33(25-46)43-14-11-32(12-15-43)44-16-18-45(19-17-44)35-41-13-10-31(42-35)26-48-34-8-6-28(7-9-34)38(4,5)29-20-27(23-40)21-30(39)22-29/h6-10,13,20-22,32-33H,11-12,14-19,24-26H2,1-5H3. The van der Waals surface area contributed by atoms with Crippen molar-refractivity contribution >= 4 is 23.6 Å². The zero-order chi connectivity index (χ0) is 34.8. The summed E-state index contributed by atoms with van der Waals surface area (Å²) >= 11 is 6.29. The van der Waals surface area contributed by atoms with Crippen LogP contribution in [0.3, 0.4) is 0 Å². The average molecular weight is 686 g/mol. The topological polar surface area (TPSA) is 98.1 Å². The molecule has 3 aromatic rings. The Hall–Kier alpha value is -3.91. The van der Waals surface area contributed by atoms with Crippen LogP contribution in [0.2, 0.25) is 5.02 Å². The van der Waals surface area contributed by atoms with Crippen LogP contribution in [0.15, 0.2) is 54.7 Å². The number of amides is 1. The van der Waals surface area contributed by atoms with Crippen LogP contribution in [0.1, 0.15) is 69.8 Å². The number of ether oxygens (including phenoxy) is 2. The van der Waals surface area contributed by atoms with E-state index in [1.165, 1.54) is 0 Å². The molecule has 3 aliphatic heterocycles. The summed E-state index contributed by atoms with van der Waals surface area (Å²) in [7, 11) is 0. The number of hydrogen-bond donors (Lipinski definition) is 0. The molecule has 3 fully saturated rings. The summed E-state index contributed by atoms with van der Waals surface area (Å²) in [6, 6.07) is 18.7. The van der Waals surface area contributed by atoms with Crippen molar-refractivity contribution in [2.45, 2.75) is 77.2 Å².